The van der Waals surface area contributed by atoms with Crippen LogP contribution in [-0.4, -0.2) is 23.3 Å². The molecule has 1 atom stereocenters. The summed E-state index contributed by atoms with van der Waals surface area (Å²) in [7, 11) is 0. The lowest BCUT2D eigenvalue weighted by atomic mass is 9.95. The minimum absolute atomic E-state index is 0.0126. The van der Waals surface area contributed by atoms with Crippen LogP contribution >= 0.6 is 0 Å². The van der Waals surface area contributed by atoms with Gasteiger partial charge in [-0.15, -0.1) is 0 Å². The van der Waals surface area contributed by atoms with Crippen molar-refractivity contribution in [3.63, 3.8) is 0 Å². The monoisotopic (exact) mass is 386 g/mol. The quantitative estimate of drug-likeness (QED) is 0.749. The van der Waals surface area contributed by atoms with Gasteiger partial charge in [0.1, 0.15) is 24.0 Å². The molecule has 1 aromatic carbocycles. The van der Waals surface area contributed by atoms with E-state index in [1.54, 1.807) is 19.1 Å². The Bertz CT molecular complexity index is 911. The summed E-state index contributed by atoms with van der Waals surface area (Å²) in [6, 6.07) is 8.18. The van der Waals surface area contributed by atoms with Gasteiger partial charge in [0, 0.05) is 11.8 Å². The molecule has 2 rings (SSSR count). The molecule has 0 bridgehead atoms. The zero-order valence-corrected chi connectivity index (χ0v) is 16.0. The molecule has 0 radical (unpaired) electrons. The highest BCUT2D eigenvalue weighted by Crippen LogP contribution is 2.30. The number of carbonyl (C=O) groups is 1. The predicted molar refractivity (Wildman–Crippen MR) is 103 cm³/mol. The van der Waals surface area contributed by atoms with Crippen LogP contribution in [0.2, 0.25) is 0 Å². The second-order valence-corrected chi connectivity index (χ2v) is 7.14. The van der Waals surface area contributed by atoms with Crippen LogP contribution in [0.3, 0.4) is 0 Å². The number of nitriles is 1. The van der Waals surface area contributed by atoms with Crippen molar-refractivity contribution in [2.75, 3.05) is 12.3 Å². The van der Waals surface area contributed by atoms with E-state index in [2.05, 4.69) is 4.98 Å². The maximum atomic E-state index is 14.2. The van der Waals surface area contributed by atoms with Crippen molar-refractivity contribution < 1.29 is 18.7 Å². The minimum atomic E-state index is -0.947. The first-order valence-electron chi connectivity index (χ1n) is 8.71. The average Bonchev–Trinajstić information content (AvgIpc) is 2.61. The lowest BCUT2D eigenvalue weighted by molar-refractivity contribution is -0.0186. The molecule has 28 heavy (non-hydrogen) atoms. The third kappa shape index (κ3) is 5.10. The number of halogens is 1. The molecular weight excluding hydrogens is 363 g/mol. The van der Waals surface area contributed by atoms with Crippen LogP contribution in [0.5, 0.6) is 5.75 Å². The fraction of sp³-hybridized carbons (Fsp3) is 0.350. The van der Waals surface area contributed by atoms with Gasteiger partial charge in [-0.3, -0.25) is 0 Å². The molecule has 0 spiro atoms. The van der Waals surface area contributed by atoms with E-state index in [9.17, 15) is 14.4 Å². The van der Waals surface area contributed by atoms with E-state index >= 15 is 0 Å². The standard InChI is InChI=1S/C20H23FN4O3/c1-12(2)9-20(3,28-19(24)26)11-27-16-5-4-13(8-14(16)10-22)15-6-7-25-18(23)17(15)21/h4-8,12H,9,11H2,1-3H3,(H2,23,25)(H2,24,26). The second kappa shape index (κ2) is 8.57. The molecule has 0 aliphatic carbocycles. The molecule has 148 valence electrons. The number of nitrogen functional groups attached to an aromatic ring is 1. The van der Waals surface area contributed by atoms with Crippen LogP contribution in [0.15, 0.2) is 30.5 Å². The maximum absolute atomic E-state index is 14.2. The van der Waals surface area contributed by atoms with Gasteiger partial charge >= 0.3 is 6.09 Å². The van der Waals surface area contributed by atoms with E-state index in [0.717, 1.165) is 0 Å². The fourth-order valence-electron chi connectivity index (χ4n) is 3.06. The van der Waals surface area contributed by atoms with Crippen molar-refractivity contribution >= 4 is 11.9 Å². The lowest BCUT2D eigenvalue weighted by Crippen LogP contribution is -2.41. The lowest BCUT2D eigenvalue weighted by Gasteiger charge is -2.30. The van der Waals surface area contributed by atoms with Crippen molar-refractivity contribution in [2.45, 2.75) is 32.8 Å². The summed E-state index contributed by atoms with van der Waals surface area (Å²) in [6.45, 7) is 5.69. The highest BCUT2D eigenvalue weighted by Gasteiger charge is 2.31. The van der Waals surface area contributed by atoms with Gasteiger partial charge in [-0.1, -0.05) is 19.9 Å². The van der Waals surface area contributed by atoms with E-state index < -0.39 is 17.5 Å². The van der Waals surface area contributed by atoms with E-state index in [0.29, 0.717) is 12.0 Å². The molecule has 8 heteroatoms. The number of anilines is 1. The number of carbonyl (C=O) groups excluding carboxylic acids is 1. The number of primary amides is 1. The Labute approximate surface area is 163 Å². The molecule has 1 heterocycles. The Morgan fingerprint density at radius 3 is 2.71 bits per heavy atom. The highest BCUT2D eigenvalue weighted by molar-refractivity contribution is 5.70. The van der Waals surface area contributed by atoms with E-state index in [-0.39, 0.29) is 35.2 Å². The molecule has 1 unspecified atom stereocenters. The first kappa shape index (κ1) is 21.0. The van der Waals surface area contributed by atoms with Gasteiger partial charge in [0.05, 0.1) is 5.56 Å². The Balaban J connectivity index is 2.28. The second-order valence-electron chi connectivity index (χ2n) is 7.14. The van der Waals surface area contributed by atoms with E-state index in [1.807, 2.05) is 19.9 Å². The molecule has 0 fully saturated rings. The predicted octanol–water partition coefficient (Wildman–Crippen LogP) is 3.62. The summed E-state index contributed by atoms with van der Waals surface area (Å²) >= 11 is 0. The molecule has 1 amide bonds. The largest absolute Gasteiger partial charge is 0.488 e. The van der Waals surface area contributed by atoms with Crippen LogP contribution in [0, 0.1) is 23.1 Å². The van der Waals surface area contributed by atoms with Crippen molar-refractivity contribution in [3.8, 4) is 22.9 Å². The third-order valence-electron chi connectivity index (χ3n) is 4.05. The Morgan fingerprint density at radius 1 is 1.39 bits per heavy atom. The summed E-state index contributed by atoms with van der Waals surface area (Å²) in [4.78, 5) is 14.9. The summed E-state index contributed by atoms with van der Waals surface area (Å²) < 4.78 is 25.2. The summed E-state index contributed by atoms with van der Waals surface area (Å²) in [5.41, 5.74) is 10.6. The van der Waals surface area contributed by atoms with Gasteiger partial charge in [-0.2, -0.15) is 5.26 Å². The maximum Gasteiger partial charge on any atom is 0.405 e. The molecule has 0 saturated carbocycles. The minimum Gasteiger partial charge on any atom is -0.488 e. The zero-order valence-electron chi connectivity index (χ0n) is 16.0. The number of ether oxygens (including phenoxy) is 2. The fourth-order valence-corrected chi connectivity index (χ4v) is 3.06. The molecule has 0 aliphatic heterocycles. The van der Waals surface area contributed by atoms with Crippen LogP contribution in [0.4, 0.5) is 15.0 Å². The van der Waals surface area contributed by atoms with Crippen LogP contribution in [0.25, 0.3) is 11.1 Å². The summed E-state index contributed by atoms with van der Waals surface area (Å²) in [6.07, 6.45) is 1.02. The van der Waals surface area contributed by atoms with Gasteiger partial charge < -0.3 is 20.9 Å². The molecule has 1 aromatic heterocycles. The summed E-state index contributed by atoms with van der Waals surface area (Å²) in [5.74, 6) is -0.355. The molecular formula is C20H23FN4O3. The molecule has 0 saturated heterocycles. The number of hydrogen-bond donors (Lipinski definition) is 2. The smallest absolute Gasteiger partial charge is 0.405 e. The highest BCUT2D eigenvalue weighted by atomic mass is 19.1. The first-order valence-corrected chi connectivity index (χ1v) is 8.71. The number of benzene rings is 1. The zero-order chi connectivity index (χ0) is 20.9. The van der Waals surface area contributed by atoms with Crippen molar-refractivity contribution in [1.82, 2.24) is 4.98 Å². The normalized spacial score (nSPS) is 12.9. The number of amides is 1. The first-order chi connectivity index (χ1) is 13.1. The number of nitrogens with zero attached hydrogens (tertiary/aromatic N) is 2. The molecule has 7 nitrogen and oxygen atoms in total. The van der Waals surface area contributed by atoms with E-state index in [4.69, 9.17) is 20.9 Å². The van der Waals surface area contributed by atoms with E-state index in [1.165, 1.54) is 18.3 Å². The number of aromatic nitrogens is 1. The van der Waals surface area contributed by atoms with Crippen molar-refractivity contribution in [3.05, 3.63) is 41.8 Å². The van der Waals surface area contributed by atoms with Gasteiger partial charge in [-0.05, 0) is 43.0 Å². The van der Waals surface area contributed by atoms with Gasteiger partial charge in [0.25, 0.3) is 0 Å². The molecule has 0 aliphatic rings. The number of hydrogen-bond acceptors (Lipinski definition) is 6. The number of nitrogens with two attached hydrogens (primary N) is 2. The van der Waals surface area contributed by atoms with Crippen LogP contribution < -0.4 is 16.2 Å². The van der Waals surface area contributed by atoms with Gasteiger partial charge in [-0.25, -0.2) is 14.2 Å². The van der Waals surface area contributed by atoms with Crippen molar-refractivity contribution in [1.29, 1.82) is 5.26 Å². The van der Waals surface area contributed by atoms with Gasteiger partial charge in [0.2, 0.25) is 0 Å². The topological polar surface area (TPSA) is 124 Å². The Kier molecular flexibility index (Phi) is 6.41. The van der Waals surface area contributed by atoms with Gasteiger partial charge in [0.15, 0.2) is 11.6 Å². The molecule has 4 N–H and O–H groups in total. The average molecular weight is 386 g/mol. The Morgan fingerprint density at radius 2 is 2.11 bits per heavy atom. The SMILES string of the molecule is CC(C)CC(C)(COc1ccc(-c2ccnc(N)c2F)cc1C#N)OC(N)=O. The summed E-state index contributed by atoms with van der Waals surface area (Å²) in [5, 5.41) is 9.47. The number of pyridine rings is 1. The Hall–Kier alpha value is -3.34. The van der Waals surface area contributed by atoms with Crippen LogP contribution in [-0.2, 0) is 4.74 Å². The number of rotatable bonds is 7. The van der Waals surface area contributed by atoms with Crippen molar-refractivity contribution in [2.24, 2.45) is 11.7 Å². The van der Waals surface area contributed by atoms with Crippen LogP contribution in [0.1, 0.15) is 32.8 Å². The molecule has 2 aromatic rings. The third-order valence-corrected chi connectivity index (χ3v) is 4.05.